The van der Waals surface area contributed by atoms with Gasteiger partial charge in [0, 0.05) is 23.8 Å². The molecule has 0 spiro atoms. The number of hydrogen-bond acceptors (Lipinski definition) is 10. The van der Waals surface area contributed by atoms with Crippen LogP contribution in [0.15, 0.2) is 29.4 Å². The minimum absolute atomic E-state index is 0.00968. The van der Waals surface area contributed by atoms with Crippen LogP contribution in [0.4, 0.5) is 13.6 Å². The summed E-state index contributed by atoms with van der Waals surface area (Å²) in [4.78, 5) is 69.8. The quantitative estimate of drug-likeness (QED) is 0.0663. The number of rotatable bonds is 15. The first-order chi connectivity index (χ1) is 26.1. The van der Waals surface area contributed by atoms with Crippen molar-refractivity contribution in [3.05, 3.63) is 29.8 Å². The van der Waals surface area contributed by atoms with Crippen LogP contribution in [0.5, 0.6) is 5.75 Å². The van der Waals surface area contributed by atoms with E-state index < -0.39 is 77.2 Å². The highest BCUT2D eigenvalue weighted by atomic mass is 32.2. The van der Waals surface area contributed by atoms with Crippen LogP contribution in [0, 0.1) is 17.3 Å². The van der Waals surface area contributed by atoms with E-state index in [-0.39, 0.29) is 36.4 Å². The molecule has 4 aliphatic rings. The first kappa shape index (κ1) is 41.8. The van der Waals surface area contributed by atoms with Crippen molar-refractivity contribution in [2.75, 3.05) is 20.8 Å². The predicted molar refractivity (Wildman–Crippen MR) is 202 cm³/mol. The number of nitrogens with two attached hydrogens (primary N) is 1. The maximum Gasteiger partial charge on any atom is 0.407 e. The Morgan fingerprint density at radius 1 is 1.00 bits per heavy atom. The molecule has 1 aromatic carbocycles. The number of likely N-dealkylation sites (tertiary alicyclic amines) is 1. The van der Waals surface area contributed by atoms with E-state index in [1.807, 2.05) is 0 Å². The maximum atomic E-state index is 14.7. The molecule has 15 nitrogen and oxygen atoms in total. The van der Waals surface area contributed by atoms with Gasteiger partial charge < -0.3 is 41.5 Å². The highest BCUT2D eigenvalue weighted by Crippen LogP contribution is 2.49. The number of alkyl halides is 2. The molecule has 1 heterocycles. The average Bonchev–Trinajstić information content (AvgIpc) is 4.09. The van der Waals surface area contributed by atoms with Crippen molar-refractivity contribution in [3.8, 4) is 5.75 Å². The van der Waals surface area contributed by atoms with Crippen LogP contribution in [-0.2, 0) is 23.9 Å². The summed E-state index contributed by atoms with van der Waals surface area (Å²) in [5.74, 6) is -3.51. The van der Waals surface area contributed by atoms with Crippen molar-refractivity contribution >= 4 is 47.5 Å². The van der Waals surface area contributed by atoms with E-state index in [0.717, 1.165) is 44.1 Å². The number of halogens is 2. The van der Waals surface area contributed by atoms with Crippen molar-refractivity contribution in [2.45, 2.75) is 120 Å². The SMILES string of the molecule is COC(=O)N[C@H](C(=O)N[C@H](C(=O)N1C[C@H](N/N=C(\N)c2ccc(OC)cc2)C[C@H]1C(=O)N[C@]1(C(=O)NSC2CC2)C[C@H]1C(F)F)C(C)(C)C)C1CCCCC1. The molecule has 5 amide bonds. The molecular formula is C37H54F2N8O7S. The molecule has 4 fully saturated rings. The summed E-state index contributed by atoms with van der Waals surface area (Å²) in [5, 5.41) is 12.7. The normalized spacial score (nSPS) is 25.3. The van der Waals surface area contributed by atoms with Crippen molar-refractivity contribution in [1.29, 1.82) is 0 Å². The van der Waals surface area contributed by atoms with Crippen LogP contribution in [0.1, 0.15) is 84.1 Å². The summed E-state index contributed by atoms with van der Waals surface area (Å²) in [6.07, 6.45) is 2.07. The molecule has 1 aromatic rings. The number of carbonyl (C=O) groups excluding carboxylic acids is 5. The third kappa shape index (κ3) is 10.3. The summed E-state index contributed by atoms with van der Waals surface area (Å²) in [6.45, 7) is 5.21. The van der Waals surface area contributed by atoms with Crippen LogP contribution >= 0.6 is 11.9 Å². The molecule has 6 atom stereocenters. The van der Waals surface area contributed by atoms with E-state index in [1.54, 1.807) is 45.0 Å². The molecule has 3 aliphatic carbocycles. The second-order valence-corrected chi connectivity index (χ2v) is 17.1. The number of carbonyl (C=O) groups is 5. The zero-order valence-electron chi connectivity index (χ0n) is 32.0. The van der Waals surface area contributed by atoms with Crippen molar-refractivity contribution in [3.63, 3.8) is 0 Å². The third-order valence-electron chi connectivity index (χ3n) is 10.8. The van der Waals surface area contributed by atoms with Gasteiger partial charge in [0.2, 0.25) is 24.1 Å². The summed E-state index contributed by atoms with van der Waals surface area (Å²) < 4.78 is 40.8. The van der Waals surface area contributed by atoms with Gasteiger partial charge in [0.25, 0.3) is 5.91 Å². The minimum Gasteiger partial charge on any atom is -0.497 e. The standard InChI is InChI=1S/C37H54F2N8O7S/c1-36(2,3)28(42-32(49)27(41-35(52)54-5)20-9-7-6-8-10-20)33(50)47-19-22(44-45-30(40)21-11-13-23(53-4)14-12-21)17-26(47)31(48)43-37(18-25(37)29(38)39)34(51)46-55-24-15-16-24/h11-14,20,22,24-29,44H,6-10,15-19H2,1-5H3,(H2,40,45)(H,41,52)(H,42,49)(H,43,48)(H,46,51)/t22-,25+,26+,27+,28-,37-/m1/s1. The lowest BCUT2D eigenvalue weighted by Crippen LogP contribution is -2.62. The van der Waals surface area contributed by atoms with Gasteiger partial charge in [-0.3, -0.25) is 23.9 Å². The van der Waals surface area contributed by atoms with Crippen molar-refractivity contribution in [1.82, 2.24) is 31.0 Å². The largest absolute Gasteiger partial charge is 0.497 e. The molecule has 304 valence electrons. The molecule has 3 saturated carbocycles. The lowest BCUT2D eigenvalue weighted by Gasteiger charge is -2.37. The van der Waals surface area contributed by atoms with E-state index in [9.17, 15) is 32.8 Å². The van der Waals surface area contributed by atoms with Gasteiger partial charge >= 0.3 is 6.09 Å². The fraction of sp³-hybridized carbons (Fsp3) is 0.676. The first-order valence-corrected chi connectivity index (χ1v) is 19.7. The lowest BCUT2D eigenvalue weighted by molar-refractivity contribution is -0.145. The topological polar surface area (TPSA) is 206 Å². The number of amidine groups is 1. The molecule has 18 heteroatoms. The van der Waals surface area contributed by atoms with Gasteiger partial charge in [-0.05, 0) is 79.7 Å². The highest BCUT2D eigenvalue weighted by Gasteiger charge is 2.66. The van der Waals surface area contributed by atoms with Crippen LogP contribution in [0.25, 0.3) is 0 Å². The first-order valence-electron chi connectivity index (χ1n) is 18.8. The summed E-state index contributed by atoms with van der Waals surface area (Å²) >= 11 is 1.16. The van der Waals surface area contributed by atoms with Gasteiger partial charge in [0.05, 0.1) is 26.2 Å². The van der Waals surface area contributed by atoms with Gasteiger partial charge in [0.1, 0.15) is 29.4 Å². The minimum atomic E-state index is -2.86. The van der Waals surface area contributed by atoms with Crippen molar-refractivity contribution < 1.29 is 42.2 Å². The molecule has 0 radical (unpaired) electrons. The third-order valence-corrected chi connectivity index (χ3v) is 11.9. The average molecular weight is 793 g/mol. The lowest BCUT2D eigenvalue weighted by atomic mass is 9.82. The van der Waals surface area contributed by atoms with Crippen LogP contribution in [0.2, 0.25) is 0 Å². The molecule has 0 unspecified atom stereocenters. The van der Waals surface area contributed by atoms with Gasteiger partial charge in [-0.2, -0.15) is 5.10 Å². The van der Waals surface area contributed by atoms with Crippen LogP contribution < -0.4 is 36.6 Å². The second-order valence-electron chi connectivity index (χ2n) is 16.0. The zero-order chi connectivity index (χ0) is 40.1. The number of ether oxygens (including phenoxy) is 2. The van der Waals surface area contributed by atoms with Gasteiger partial charge in [-0.1, -0.05) is 40.0 Å². The Morgan fingerprint density at radius 2 is 1.67 bits per heavy atom. The predicted octanol–water partition coefficient (Wildman–Crippen LogP) is 2.78. The second kappa shape index (κ2) is 17.6. The molecular weight excluding hydrogens is 739 g/mol. The molecule has 1 saturated heterocycles. The Bertz CT molecular complexity index is 1600. The number of nitrogens with zero attached hydrogens (tertiary/aromatic N) is 2. The van der Waals surface area contributed by atoms with E-state index in [4.69, 9.17) is 15.2 Å². The summed E-state index contributed by atoms with van der Waals surface area (Å²) in [6, 6.07) is 2.84. The monoisotopic (exact) mass is 792 g/mol. The number of nitrogens with one attached hydrogen (secondary N) is 5. The Morgan fingerprint density at radius 3 is 2.24 bits per heavy atom. The summed E-state index contributed by atoms with van der Waals surface area (Å²) in [7, 11) is 2.74. The molecule has 0 aromatic heterocycles. The molecule has 5 rings (SSSR count). The van der Waals surface area contributed by atoms with Crippen LogP contribution in [0.3, 0.4) is 0 Å². The summed E-state index contributed by atoms with van der Waals surface area (Å²) in [5.41, 5.74) is 7.07. The number of alkyl carbamates (subject to hydrolysis) is 1. The highest BCUT2D eigenvalue weighted by molar-refractivity contribution is 7.98. The van der Waals surface area contributed by atoms with Gasteiger partial charge in [-0.25, -0.2) is 13.6 Å². The Balaban J connectivity index is 1.40. The maximum absolute atomic E-state index is 14.7. The number of benzene rings is 1. The van der Waals surface area contributed by atoms with E-state index in [1.165, 1.54) is 19.1 Å². The van der Waals surface area contributed by atoms with Crippen LogP contribution in [-0.4, -0.2) is 103 Å². The number of amides is 5. The Kier molecular flexibility index (Phi) is 13.4. The Hall–Kier alpha value is -4.35. The van der Waals surface area contributed by atoms with E-state index in [0.29, 0.717) is 24.2 Å². The van der Waals surface area contributed by atoms with Crippen molar-refractivity contribution in [2.24, 2.45) is 28.1 Å². The number of hydrogen-bond donors (Lipinski definition) is 6. The van der Waals surface area contributed by atoms with Gasteiger partial charge in [-0.15, -0.1) is 0 Å². The molecule has 0 bridgehead atoms. The van der Waals surface area contributed by atoms with E-state index in [2.05, 4.69) is 31.2 Å². The molecule has 55 heavy (non-hydrogen) atoms. The number of hydrazone groups is 1. The molecule has 1 aliphatic heterocycles. The fourth-order valence-electron chi connectivity index (χ4n) is 7.28. The smallest absolute Gasteiger partial charge is 0.407 e. The number of methoxy groups -OCH3 is 2. The molecule has 7 N–H and O–H groups in total. The van der Waals surface area contributed by atoms with E-state index >= 15 is 0 Å². The Labute approximate surface area is 324 Å². The van der Waals surface area contributed by atoms with Gasteiger partial charge in [0.15, 0.2) is 5.84 Å². The zero-order valence-corrected chi connectivity index (χ0v) is 32.8. The fourth-order valence-corrected chi connectivity index (χ4v) is 8.10.